The summed E-state index contributed by atoms with van der Waals surface area (Å²) in [6.45, 7) is 3.96. The van der Waals surface area contributed by atoms with Crippen LogP contribution in [0.5, 0.6) is 5.75 Å². The second-order valence-corrected chi connectivity index (χ2v) is 5.55. The van der Waals surface area contributed by atoms with Gasteiger partial charge in [0, 0.05) is 17.0 Å². The summed E-state index contributed by atoms with van der Waals surface area (Å²) in [5.41, 5.74) is 3.50. The Bertz CT molecular complexity index is 942. The SMILES string of the molecule is Cc1ccc2c(CC(=O)Oc3cccc([N+](=O)[O-])c3)coc2c1C. The molecule has 0 amide bonds. The first-order valence-electron chi connectivity index (χ1n) is 7.37. The second-order valence-electron chi connectivity index (χ2n) is 5.55. The molecule has 0 N–H and O–H groups in total. The zero-order valence-corrected chi connectivity index (χ0v) is 13.2. The van der Waals surface area contributed by atoms with Gasteiger partial charge in [-0.05, 0) is 31.0 Å². The number of ether oxygens (including phenoxy) is 1. The number of aryl methyl sites for hydroxylation is 2. The predicted molar refractivity (Wildman–Crippen MR) is 88.1 cm³/mol. The summed E-state index contributed by atoms with van der Waals surface area (Å²) < 4.78 is 10.8. The maximum Gasteiger partial charge on any atom is 0.315 e. The molecule has 0 unspecified atom stereocenters. The molecule has 6 heteroatoms. The number of carbonyl (C=O) groups excluding carboxylic acids is 1. The predicted octanol–water partition coefficient (Wildman–Crippen LogP) is 4.11. The average molecular weight is 325 g/mol. The summed E-state index contributed by atoms with van der Waals surface area (Å²) in [4.78, 5) is 22.3. The molecule has 0 bridgehead atoms. The lowest BCUT2D eigenvalue weighted by Crippen LogP contribution is -2.11. The van der Waals surface area contributed by atoms with Crippen molar-refractivity contribution in [1.82, 2.24) is 0 Å². The molecule has 0 radical (unpaired) electrons. The van der Waals surface area contributed by atoms with Crippen molar-refractivity contribution in [2.75, 3.05) is 0 Å². The lowest BCUT2D eigenvalue weighted by Gasteiger charge is -2.04. The molecule has 0 aliphatic rings. The van der Waals surface area contributed by atoms with E-state index in [4.69, 9.17) is 9.15 Å². The van der Waals surface area contributed by atoms with E-state index in [0.29, 0.717) is 0 Å². The highest BCUT2D eigenvalue weighted by molar-refractivity contribution is 5.88. The molecule has 1 aromatic heterocycles. The smallest absolute Gasteiger partial charge is 0.315 e. The minimum atomic E-state index is -0.536. The molecule has 0 fully saturated rings. The lowest BCUT2D eigenvalue weighted by atomic mass is 10.0. The van der Waals surface area contributed by atoms with E-state index in [1.807, 2.05) is 26.0 Å². The summed E-state index contributed by atoms with van der Waals surface area (Å²) in [6.07, 6.45) is 1.57. The minimum Gasteiger partial charge on any atom is -0.464 e. The molecule has 24 heavy (non-hydrogen) atoms. The van der Waals surface area contributed by atoms with E-state index in [9.17, 15) is 14.9 Å². The molecule has 0 saturated heterocycles. The molecule has 3 rings (SSSR count). The third kappa shape index (κ3) is 2.99. The lowest BCUT2D eigenvalue weighted by molar-refractivity contribution is -0.384. The third-order valence-corrected chi connectivity index (χ3v) is 3.94. The van der Waals surface area contributed by atoms with Crippen LogP contribution in [0.1, 0.15) is 16.7 Å². The van der Waals surface area contributed by atoms with Gasteiger partial charge in [0.1, 0.15) is 11.3 Å². The molecule has 3 aromatic rings. The van der Waals surface area contributed by atoms with E-state index >= 15 is 0 Å². The number of rotatable bonds is 4. The normalized spacial score (nSPS) is 10.8. The van der Waals surface area contributed by atoms with E-state index in [0.717, 1.165) is 27.7 Å². The second kappa shape index (κ2) is 6.16. The molecule has 0 atom stereocenters. The Labute approximate surface area is 137 Å². The fraction of sp³-hybridized carbons (Fsp3) is 0.167. The minimum absolute atomic E-state index is 0.0260. The Hall–Kier alpha value is -3.15. The molecule has 0 saturated carbocycles. The zero-order chi connectivity index (χ0) is 17.3. The highest BCUT2D eigenvalue weighted by Gasteiger charge is 2.15. The highest BCUT2D eigenvalue weighted by Crippen LogP contribution is 2.27. The number of benzene rings is 2. The van der Waals surface area contributed by atoms with Crippen molar-refractivity contribution in [2.45, 2.75) is 20.3 Å². The van der Waals surface area contributed by atoms with E-state index in [-0.39, 0.29) is 17.9 Å². The largest absolute Gasteiger partial charge is 0.464 e. The van der Waals surface area contributed by atoms with Crippen LogP contribution in [0.4, 0.5) is 5.69 Å². The van der Waals surface area contributed by atoms with E-state index < -0.39 is 10.9 Å². The molecular formula is C18H15NO5. The number of hydrogen-bond acceptors (Lipinski definition) is 5. The van der Waals surface area contributed by atoms with Crippen molar-refractivity contribution >= 4 is 22.6 Å². The summed E-state index contributed by atoms with van der Waals surface area (Å²) >= 11 is 0. The van der Waals surface area contributed by atoms with Crippen molar-refractivity contribution in [1.29, 1.82) is 0 Å². The Balaban J connectivity index is 1.79. The summed E-state index contributed by atoms with van der Waals surface area (Å²) in [5.74, 6) is -0.356. The van der Waals surface area contributed by atoms with E-state index in [1.54, 1.807) is 6.26 Å². The van der Waals surface area contributed by atoms with Gasteiger partial charge in [0.05, 0.1) is 23.7 Å². The van der Waals surface area contributed by atoms with Crippen LogP contribution in [0, 0.1) is 24.0 Å². The van der Waals surface area contributed by atoms with Crippen LogP contribution < -0.4 is 4.74 Å². The van der Waals surface area contributed by atoms with Gasteiger partial charge >= 0.3 is 5.97 Å². The topological polar surface area (TPSA) is 82.6 Å². The Morgan fingerprint density at radius 2 is 2.04 bits per heavy atom. The molecule has 0 aliphatic carbocycles. The third-order valence-electron chi connectivity index (χ3n) is 3.94. The Kier molecular flexibility index (Phi) is 4.04. The maximum atomic E-state index is 12.1. The highest BCUT2D eigenvalue weighted by atomic mass is 16.6. The number of nitro benzene ring substituents is 1. The Morgan fingerprint density at radius 1 is 1.25 bits per heavy atom. The van der Waals surface area contributed by atoms with E-state index in [1.165, 1.54) is 24.3 Å². The van der Waals surface area contributed by atoms with Crippen LogP contribution in [-0.4, -0.2) is 10.9 Å². The number of esters is 1. The number of furan rings is 1. The van der Waals surface area contributed by atoms with Crippen LogP contribution in [0.2, 0.25) is 0 Å². The Morgan fingerprint density at radius 3 is 2.79 bits per heavy atom. The fourth-order valence-electron chi connectivity index (χ4n) is 2.51. The van der Waals surface area contributed by atoms with Gasteiger partial charge in [0.15, 0.2) is 0 Å². The molecule has 1 heterocycles. The van der Waals surface area contributed by atoms with Crippen LogP contribution in [0.15, 0.2) is 47.1 Å². The molecule has 0 spiro atoms. The maximum absolute atomic E-state index is 12.1. The van der Waals surface area contributed by atoms with Crippen LogP contribution in [0.3, 0.4) is 0 Å². The molecule has 2 aromatic carbocycles. The van der Waals surface area contributed by atoms with Crippen LogP contribution >= 0.6 is 0 Å². The van der Waals surface area contributed by atoms with Crippen molar-refractivity contribution in [3.63, 3.8) is 0 Å². The van der Waals surface area contributed by atoms with Gasteiger partial charge < -0.3 is 9.15 Å². The summed E-state index contributed by atoms with van der Waals surface area (Å²) in [6, 6.07) is 9.43. The van der Waals surface area contributed by atoms with Gasteiger partial charge in [-0.1, -0.05) is 18.2 Å². The fourth-order valence-corrected chi connectivity index (χ4v) is 2.51. The van der Waals surface area contributed by atoms with Gasteiger partial charge in [-0.2, -0.15) is 0 Å². The number of non-ortho nitro benzene ring substituents is 1. The quantitative estimate of drug-likeness (QED) is 0.312. The van der Waals surface area contributed by atoms with Crippen molar-refractivity contribution in [3.05, 3.63) is 69.5 Å². The van der Waals surface area contributed by atoms with Crippen LogP contribution in [-0.2, 0) is 11.2 Å². The van der Waals surface area contributed by atoms with Crippen molar-refractivity contribution < 1.29 is 18.9 Å². The van der Waals surface area contributed by atoms with Gasteiger partial charge in [-0.15, -0.1) is 0 Å². The molecule has 0 aliphatic heterocycles. The van der Waals surface area contributed by atoms with Gasteiger partial charge in [-0.3, -0.25) is 14.9 Å². The monoisotopic (exact) mass is 325 g/mol. The molecular weight excluding hydrogens is 310 g/mol. The first-order chi connectivity index (χ1) is 11.5. The van der Waals surface area contributed by atoms with Gasteiger partial charge in [-0.25, -0.2) is 0 Å². The number of fused-ring (bicyclic) bond motifs is 1. The zero-order valence-electron chi connectivity index (χ0n) is 13.2. The number of hydrogen-bond donors (Lipinski definition) is 0. The number of carbonyl (C=O) groups is 1. The first kappa shape index (κ1) is 15.7. The first-order valence-corrected chi connectivity index (χ1v) is 7.37. The molecule has 6 nitrogen and oxygen atoms in total. The van der Waals surface area contributed by atoms with Gasteiger partial charge in [0.25, 0.3) is 5.69 Å². The van der Waals surface area contributed by atoms with Gasteiger partial charge in [0.2, 0.25) is 0 Å². The standard InChI is InChI=1S/C18H15NO5/c1-11-6-7-16-13(10-23-18(16)12(11)2)8-17(20)24-15-5-3-4-14(9-15)19(21)22/h3-7,9-10H,8H2,1-2H3. The summed E-state index contributed by atoms with van der Waals surface area (Å²) in [7, 11) is 0. The average Bonchev–Trinajstić information content (AvgIpc) is 2.94. The van der Waals surface area contributed by atoms with Crippen molar-refractivity contribution in [2.24, 2.45) is 0 Å². The summed E-state index contributed by atoms with van der Waals surface area (Å²) in [5, 5.41) is 11.6. The molecule has 122 valence electrons. The van der Waals surface area contributed by atoms with Crippen molar-refractivity contribution in [3.8, 4) is 5.75 Å². The van der Waals surface area contributed by atoms with E-state index in [2.05, 4.69) is 0 Å². The van der Waals surface area contributed by atoms with Crippen LogP contribution in [0.25, 0.3) is 11.0 Å². The number of nitro groups is 1. The number of nitrogens with zero attached hydrogens (tertiary/aromatic N) is 1.